The zero-order chi connectivity index (χ0) is 11.0. The van der Waals surface area contributed by atoms with E-state index in [9.17, 15) is 5.11 Å². The van der Waals surface area contributed by atoms with E-state index in [1.165, 1.54) is 0 Å². The molecule has 0 atom stereocenters. The first-order valence-electron chi connectivity index (χ1n) is 4.61. The van der Waals surface area contributed by atoms with Crippen LogP contribution in [0.4, 0.5) is 5.69 Å². The average Bonchev–Trinajstić information content (AvgIpc) is 2.51. The number of phenolic OH excluding ortho intramolecular Hbond substituents is 1. The lowest BCUT2D eigenvalue weighted by atomic mass is 10.0. The predicted molar refractivity (Wildman–Crippen MR) is 57.5 cm³/mol. The van der Waals surface area contributed by atoms with Crippen LogP contribution in [0.5, 0.6) is 5.75 Å². The molecule has 0 bridgehead atoms. The van der Waals surface area contributed by atoms with Crippen LogP contribution in [0.2, 0.25) is 0 Å². The third-order valence-electron chi connectivity index (χ3n) is 2.32. The highest BCUT2D eigenvalue weighted by atomic mass is 16.5. The van der Waals surface area contributed by atoms with Gasteiger partial charge in [0.05, 0.1) is 11.3 Å². The van der Waals surface area contributed by atoms with Crippen LogP contribution in [-0.2, 0) is 0 Å². The molecule has 15 heavy (non-hydrogen) atoms. The smallest absolute Gasteiger partial charge is 0.141 e. The molecule has 0 radical (unpaired) electrons. The van der Waals surface area contributed by atoms with Crippen LogP contribution in [-0.4, -0.2) is 10.3 Å². The van der Waals surface area contributed by atoms with Gasteiger partial charge < -0.3 is 15.4 Å². The van der Waals surface area contributed by atoms with E-state index in [2.05, 4.69) is 5.16 Å². The van der Waals surface area contributed by atoms with Crippen molar-refractivity contribution >= 4 is 5.69 Å². The molecule has 0 saturated heterocycles. The average molecular weight is 204 g/mol. The summed E-state index contributed by atoms with van der Waals surface area (Å²) < 4.78 is 5.04. The van der Waals surface area contributed by atoms with Crippen molar-refractivity contribution in [3.63, 3.8) is 0 Å². The minimum Gasteiger partial charge on any atom is -0.507 e. The number of phenols is 1. The topological polar surface area (TPSA) is 72.3 Å². The maximum Gasteiger partial charge on any atom is 0.141 e. The quantitative estimate of drug-likeness (QED) is 0.552. The molecule has 4 heteroatoms. The second-order valence-electron chi connectivity index (χ2n) is 3.48. The van der Waals surface area contributed by atoms with E-state index in [4.69, 9.17) is 10.3 Å². The molecule has 0 amide bonds. The van der Waals surface area contributed by atoms with Crippen LogP contribution in [0.1, 0.15) is 11.5 Å². The maximum atomic E-state index is 9.73. The van der Waals surface area contributed by atoms with Crippen LogP contribution in [0, 0.1) is 13.8 Å². The lowest BCUT2D eigenvalue weighted by Crippen LogP contribution is -1.88. The standard InChI is InChI=1S/C11H12N2O2/c1-6-11(7(2)15-13-6)9-5-8(12)3-4-10(9)14/h3-5,14H,12H2,1-2H3. The Morgan fingerprint density at radius 2 is 2.07 bits per heavy atom. The summed E-state index contributed by atoms with van der Waals surface area (Å²) in [6.45, 7) is 3.63. The number of benzene rings is 1. The van der Waals surface area contributed by atoms with E-state index in [0.29, 0.717) is 17.0 Å². The third-order valence-corrected chi connectivity index (χ3v) is 2.32. The highest BCUT2D eigenvalue weighted by molar-refractivity contribution is 5.76. The van der Waals surface area contributed by atoms with E-state index in [1.807, 2.05) is 6.92 Å². The van der Waals surface area contributed by atoms with Gasteiger partial charge in [-0.3, -0.25) is 0 Å². The summed E-state index contributed by atoms with van der Waals surface area (Å²) in [7, 11) is 0. The van der Waals surface area contributed by atoms with Crippen LogP contribution < -0.4 is 5.73 Å². The molecule has 0 saturated carbocycles. The number of rotatable bonds is 1. The fourth-order valence-corrected chi connectivity index (χ4v) is 1.62. The number of aromatic hydroxyl groups is 1. The summed E-state index contributed by atoms with van der Waals surface area (Å²) >= 11 is 0. The van der Waals surface area contributed by atoms with Crippen molar-refractivity contribution < 1.29 is 9.63 Å². The number of nitrogens with zero attached hydrogens (tertiary/aromatic N) is 1. The number of nitrogen functional groups attached to an aromatic ring is 1. The van der Waals surface area contributed by atoms with Gasteiger partial charge in [-0.25, -0.2) is 0 Å². The van der Waals surface area contributed by atoms with Crippen molar-refractivity contribution in [1.82, 2.24) is 5.16 Å². The molecule has 0 unspecified atom stereocenters. The molecule has 0 aliphatic carbocycles. The first-order valence-corrected chi connectivity index (χ1v) is 4.61. The van der Waals surface area contributed by atoms with Gasteiger partial charge in [0.15, 0.2) is 0 Å². The van der Waals surface area contributed by atoms with Crippen molar-refractivity contribution in [3.05, 3.63) is 29.7 Å². The SMILES string of the molecule is Cc1noc(C)c1-c1cc(N)ccc1O. The summed E-state index contributed by atoms with van der Waals surface area (Å²) in [5.74, 6) is 0.854. The number of hydrogen-bond acceptors (Lipinski definition) is 4. The minimum absolute atomic E-state index is 0.179. The maximum absolute atomic E-state index is 9.73. The molecule has 0 spiro atoms. The summed E-state index contributed by atoms with van der Waals surface area (Å²) in [4.78, 5) is 0. The Bertz CT molecular complexity index is 484. The van der Waals surface area contributed by atoms with Gasteiger partial charge in [0.25, 0.3) is 0 Å². The lowest BCUT2D eigenvalue weighted by molar-refractivity contribution is 0.393. The van der Waals surface area contributed by atoms with Crippen molar-refractivity contribution in [2.45, 2.75) is 13.8 Å². The van der Waals surface area contributed by atoms with Gasteiger partial charge in [-0.1, -0.05) is 5.16 Å². The van der Waals surface area contributed by atoms with Gasteiger partial charge in [-0.2, -0.15) is 0 Å². The molecule has 78 valence electrons. The van der Waals surface area contributed by atoms with Gasteiger partial charge in [-0.15, -0.1) is 0 Å². The molecule has 1 aromatic carbocycles. The van der Waals surface area contributed by atoms with E-state index >= 15 is 0 Å². The van der Waals surface area contributed by atoms with Crippen molar-refractivity contribution in [2.24, 2.45) is 0 Å². The normalized spacial score (nSPS) is 10.5. The Labute approximate surface area is 87.3 Å². The fourth-order valence-electron chi connectivity index (χ4n) is 1.62. The highest BCUT2D eigenvalue weighted by Crippen LogP contribution is 2.34. The molecule has 1 aromatic heterocycles. The fraction of sp³-hybridized carbons (Fsp3) is 0.182. The van der Waals surface area contributed by atoms with Crippen LogP contribution in [0.15, 0.2) is 22.7 Å². The van der Waals surface area contributed by atoms with Gasteiger partial charge >= 0.3 is 0 Å². The second-order valence-corrected chi connectivity index (χ2v) is 3.48. The number of anilines is 1. The molecular weight excluding hydrogens is 192 g/mol. The molecule has 3 N–H and O–H groups in total. The Morgan fingerprint density at radius 1 is 1.33 bits per heavy atom. The first kappa shape index (κ1) is 9.58. The van der Waals surface area contributed by atoms with E-state index < -0.39 is 0 Å². The molecule has 0 aliphatic rings. The lowest BCUT2D eigenvalue weighted by Gasteiger charge is -2.04. The zero-order valence-corrected chi connectivity index (χ0v) is 8.61. The van der Waals surface area contributed by atoms with Crippen LogP contribution >= 0.6 is 0 Å². The molecule has 0 fully saturated rings. The molecular formula is C11H12N2O2. The van der Waals surface area contributed by atoms with Crippen molar-refractivity contribution in [3.8, 4) is 16.9 Å². The first-order chi connectivity index (χ1) is 7.09. The number of hydrogen-bond donors (Lipinski definition) is 2. The summed E-state index contributed by atoms with van der Waals surface area (Å²) in [6.07, 6.45) is 0. The molecule has 1 heterocycles. The summed E-state index contributed by atoms with van der Waals surface area (Å²) in [5.41, 5.74) is 8.48. The Hall–Kier alpha value is -1.97. The van der Waals surface area contributed by atoms with Crippen molar-refractivity contribution in [1.29, 1.82) is 0 Å². The van der Waals surface area contributed by atoms with Gasteiger partial charge in [0.1, 0.15) is 11.5 Å². The van der Waals surface area contributed by atoms with Crippen molar-refractivity contribution in [2.75, 3.05) is 5.73 Å². The Kier molecular flexibility index (Phi) is 2.11. The van der Waals surface area contributed by atoms with Crippen LogP contribution in [0.3, 0.4) is 0 Å². The van der Waals surface area contributed by atoms with Gasteiger partial charge in [-0.05, 0) is 32.0 Å². The monoisotopic (exact) mass is 204 g/mol. The third kappa shape index (κ3) is 1.54. The van der Waals surface area contributed by atoms with E-state index in [1.54, 1.807) is 25.1 Å². The molecule has 2 aromatic rings. The number of aryl methyl sites for hydroxylation is 2. The highest BCUT2D eigenvalue weighted by Gasteiger charge is 2.14. The summed E-state index contributed by atoms with van der Waals surface area (Å²) in [5, 5.41) is 13.6. The number of nitrogens with two attached hydrogens (primary N) is 1. The van der Waals surface area contributed by atoms with E-state index in [-0.39, 0.29) is 5.75 Å². The number of aromatic nitrogens is 1. The Balaban J connectivity index is 2.68. The second kappa shape index (κ2) is 3.31. The zero-order valence-electron chi connectivity index (χ0n) is 8.61. The van der Waals surface area contributed by atoms with Gasteiger partial charge in [0, 0.05) is 11.3 Å². The molecule has 0 aliphatic heterocycles. The summed E-state index contributed by atoms with van der Waals surface area (Å²) in [6, 6.07) is 4.93. The molecule has 2 rings (SSSR count). The van der Waals surface area contributed by atoms with Crippen LogP contribution in [0.25, 0.3) is 11.1 Å². The largest absolute Gasteiger partial charge is 0.507 e. The predicted octanol–water partition coefficient (Wildman–Crippen LogP) is 2.25. The van der Waals surface area contributed by atoms with E-state index in [0.717, 1.165) is 11.3 Å². The Morgan fingerprint density at radius 3 is 2.67 bits per heavy atom. The molecule has 4 nitrogen and oxygen atoms in total. The minimum atomic E-state index is 0.179. The van der Waals surface area contributed by atoms with Gasteiger partial charge in [0.2, 0.25) is 0 Å².